The molecule has 0 heterocycles. The van der Waals surface area contributed by atoms with Crippen LogP contribution < -0.4 is 11.1 Å². The van der Waals surface area contributed by atoms with E-state index in [0.29, 0.717) is 27.2 Å². The van der Waals surface area contributed by atoms with Gasteiger partial charge in [0.2, 0.25) is 5.91 Å². The lowest BCUT2D eigenvalue weighted by molar-refractivity contribution is -0.113. The van der Waals surface area contributed by atoms with Gasteiger partial charge in [-0.1, -0.05) is 44.0 Å². The molecule has 0 saturated carbocycles. The molecule has 0 radical (unpaired) electrons. The second-order valence-corrected chi connectivity index (χ2v) is 7.43. The predicted octanol–water partition coefficient (Wildman–Crippen LogP) is 4.05. The number of hydrogen-bond donors (Lipinski definition) is 2. The molecular formula is C12H16Cl2N2OS. The molecule has 18 heavy (non-hydrogen) atoms. The zero-order valence-corrected chi connectivity index (χ0v) is 12.8. The fraction of sp³-hybridized carbons (Fsp3) is 0.417. The molecule has 0 unspecified atom stereocenters. The Morgan fingerprint density at radius 1 is 1.33 bits per heavy atom. The number of carbonyl (C=O) groups excluding carboxylic acids is 1. The second-order valence-electron chi connectivity index (χ2n) is 4.81. The molecule has 0 fully saturated rings. The van der Waals surface area contributed by atoms with Crippen molar-refractivity contribution in [2.75, 3.05) is 16.8 Å². The van der Waals surface area contributed by atoms with Crippen LogP contribution in [0.3, 0.4) is 0 Å². The van der Waals surface area contributed by atoms with Crippen molar-refractivity contribution < 1.29 is 4.79 Å². The summed E-state index contributed by atoms with van der Waals surface area (Å²) in [7, 11) is 0. The van der Waals surface area contributed by atoms with Crippen LogP contribution in [0.1, 0.15) is 20.8 Å². The van der Waals surface area contributed by atoms with Crippen molar-refractivity contribution >= 4 is 52.2 Å². The molecule has 3 nitrogen and oxygen atoms in total. The zero-order valence-electron chi connectivity index (χ0n) is 10.5. The molecule has 3 N–H and O–H groups in total. The molecule has 0 aromatic heterocycles. The number of nitrogen functional groups attached to an aromatic ring is 1. The van der Waals surface area contributed by atoms with Gasteiger partial charge < -0.3 is 11.1 Å². The van der Waals surface area contributed by atoms with E-state index in [4.69, 9.17) is 28.9 Å². The van der Waals surface area contributed by atoms with Crippen LogP contribution in [0.5, 0.6) is 0 Å². The normalized spacial score (nSPS) is 11.4. The number of carbonyl (C=O) groups is 1. The number of benzene rings is 1. The number of anilines is 2. The average molecular weight is 307 g/mol. The highest BCUT2D eigenvalue weighted by molar-refractivity contribution is 8.01. The van der Waals surface area contributed by atoms with Crippen LogP contribution in [0.4, 0.5) is 11.4 Å². The lowest BCUT2D eigenvalue weighted by Crippen LogP contribution is -2.19. The van der Waals surface area contributed by atoms with Crippen LogP contribution in [-0.4, -0.2) is 16.4 Å². The van der Waals surface area contributed by atoms with Gasteiger partial charge in [0.15, 0.2) is 0 Å². The van der Waals surface area contributed by atoms with Gasteiger partial charge in [0, 0.05) is 10.4 Å². The Hall–Kier alpha value is -0.580. The molecule has 1 amide bonds. The second kappa shape index (κ2) is 6.04. The summed E-state index contributed by atoms with van der Waals surface area (Å²) in [5.41, 5.74) is 6.46. The minimum atomic E-state index is -0.136. The molecule has 100 valence electrons. The summed E-state index contributed by atoms with van der Waals surface area (Å²) >= 11 is 13.5. The van der Waals surface area contributed by atoms with E-state index in [1.807, 2.05) is 20.8 Å². The summed E-state index contributed by atoms with van der Waals surface area (Å²) in [4.78, 5) is 11.8. The van der Waals surface area contributed by atoms with E-state index in [1.54, 1.807) is 23.9 Å². The van der Waals surface area contributed by atoms with Crippen molar-refractivity contribution in [1.29, 1.82) is 0 Å². The first-order valence-electron chi connectivity index (χ1n) is 5.37. The quantitative estimate of drug-likeness (QED) is 0.828. The standard InChI is InChI=1S/C12H16Cl2N2OS/c1-12(2,3)18-6-10(17)16-11-8(13)4-7(15)5-9(11)14/h4-5H,6,15H2,1-3H3,(H,16,17). The maximum absolute atomic E-state index is 11.8. The molecule has 0 atom stereocenters. The molecule has 1 rings (SSSR count). The average Bonchev–Trinajstić information content (AvgIpc) is 2.19. The Morgan fingerprint density at radius 3 is 2.28 bits per heavy atom. The van der Waals surface area contributed by atoms with Crippen molar-refractivity contribution in [2.24, 2.45) is 0 Å². The van der Waals surface area contributed by atoms with E-state index in [-0.39, 0.29) is 10.7 Å². The van der Waals surface area contributed by atoms with Crippen LogP contribution in [0.25, 0.3) is 0 Å². The van der Waals surface area contributed by atoms with Gasteiger partial charge in [-0.15, -0.1) is 11.8 Å². The number of rotatable bonds is 3. The Labute approximate surface area is 121 Å². The summed E-state index contributed by atoms with van der Waals surface area (Å²) in [6.45, 7) is 6.15. The third-order valence-electron chi connectivity index (χ3n) is 1.97. The highest BCUT2D eigenvalue weighted by Crippen LogP contribution is 2.33. The highest BCUT2D eigenvalue weighted by atomic mass is 35.5. The summed E-state index contributed by atoms with van der Waals surface area (Å²) in [6, 6.07) is 3.11. The maximum Gasteiger partial charge on any atom is 0.234 e. The van der Waals surface area contributed by atoms with Gasteiger partial charge in [0.05, 0.1) is 21.5 Å². The molecule has 0 saturated heterocycles. The van der Waals surface area contributed by atoms with E-state index < -0.39 is 0 Å². The monoisotopic (exact) mass is 306 g/mol. The fourth-order valence-electron chi connectivity index (χ4n) is 1.17. The van der Waals surface area contributed by atoms with E-state index >= 15 is 0 Å². The van der Waals surface area contributed by atoms with E-state index in [9.17, 15) is 4.79 Å². The number of thioether (sulfide) groups is 1. The van der Waals surface area contributed by atoms with Crippen LogP contribution in [0.15, 0.2) is 12.1 Å². The zero-order chi connectivity index (χ0) is 13.9. The van der Waals surface area contributed by atoms with Crippen LogP contribution in [0.2, 0.25) is 10.0 Å². The predicted molar refractivity (Wildman–Crippen MR) is 81.7 cm³/mol. The summed E-state index contributed by atoms with van der Waals surface area (Å²) < 4.78 is 0.0338. The fourth-order valence-corrected chi connectivity index (χ4v) is 2.40. The Kier molecular flexibility index (Phi) is 5.20. The van der Waals surface area contributed by atoms with Crippen molar-refractivity contribution in [3.05, 3.63) is 22.2 Å². The third-order valence-corrected chi connectivity index (χ3v) is 3.83. The largest absolute Gasteiger partial charge is 0.399 e. The van der Waals surface area contributed by atoms with Crippen LogP contribution in [-0.2, 0) is 4.79 Å². The van der Waals surface area contributed by atoms with E-state index in [0.717, 1.165) is 0 Å². The van der Waals surface area contributed by atoms with Gasteiger partial charge in [0.1, 0.15) is 0 Å². The van der Waals surface area contributed by atoms with Gasteiger partial charge >= 0.3 is 0 Å². The molecule has 0 aliphatic heterocycles. The highest BCUT2D eigenvalue weighted by Gasteiger charge is 2.15. The first-order valence-corrected chi connectivity index (χ1v) is 7.11. The molecule has 6 heteroatoms. The Bertz CT molecular complexity index is 435. The molecule has 0 aliphatic carbocycles. The third kappa shape index (κ3) is 4.96. The van der Waals surface area contributed by atoms with Crippen molar-refractivity contribution in [3.8, 4) is 0 Å². The lowest BCUT2D eigenvalue weighted by Gasteiger charge is -2.17. The molecular weight excluding hydrogens is 291 g/mol. The molecule has 1 aromatic rings. The summed E-state index contributed by atoms with van der Waals surface area (Å²) in [6.07, 6.45) is 0. The van der Waals surface area contributed by atoms with E-state index in [1.165, 1.54) is 0 Å². The topological polar surface area (TPSA) is 55.1 Å². The molecule has 0 bridgehead atoms. The van der Waals surface area contributed by atoms with Gasteiger partial charge in [-0.2, -0.15) is 0 Å². The number of nitrogens with one attached hydrogen (secondary N) is 1. The number of nitrogens with two attached hydrogens (primary N) is 1. The first-order chi connectivity index (χ1) is 8.19. The molecule has 0 aliphatic rings. The van der Waals surface area contributed by atoms with Crippen molar-refractivity contribution in [3.63, 3.8) is 0 Å². The number of hydrogen-bond acceptors (Lipinski definition) is 3. The molecule has 1 aromatic carbocycles. The minimum Gasteiger partial charge on any atom is -0.399 e. The molecule has 0 spiro atoms. The van der Waals surface area contributed by atoms with Crippen molar-refractivity contribution in [1.82, 2.24) is 0 Å². The number of amides is 1. The van der Waals surface area contributed by atoms with Gasteiger partial charge in [-0.3, -0.25) is 4.79 Å². The Morgan fingerprint density at radius 2 is 1.83 bits per heavy atom. The summed E-state index contributed by atoms with van der Waals surface area (Å²) in [5, 5.41) is 3.38. The van der Waals surface area contributed by atoms with Crippen LogP contribution in [0, 0.1) is 0 Å². The van der Waals surface area contributed by atoms with E-state index in [2.05, 4.69) is 5.32 Å². The van der Waals surface area contributed by atoms with Crippen LogP contribution >= 0.6 is 35.0 Å². The first kappa shape index (κ1) is 15.5. The van der Waals surface area contributed by atoms with Gasteiger partial charge in [0.25, 0.3) is 0 Å². The minimum absolute atomic E-state index is 0.0338. The van der Waals surface area contributed by atoms with Gasteiger partial charge in [-0.05, 0) is 12.1 Å². The van der Waals surface area contributed by atoms with Crippen molar-refractivity contribution in [2.45, 2.75) is 25.5 Å². The maximum atomic E-state index is 11.8. The smallest absolute Gasteiger partial charge is 0.234 e. The lowest BCUT2D eigenvalue weighted by atomic mass is 10.3. The summed E-state index contributed by atoms with van der Waals surface area (Å²) in [5.74, 6) is 0.212. The Balaban J connectivity index is 2.71. The number of halogens is 2. The van der Waals surface area contributed by atoms with Gasteiger partial charge in [-0.25, -0.2) is 0 Å². The SMILES string of the molecule is CC(C)(C)SCC(=O)Nc1c(Cl)cc(N)cc1Cl.